The number of carboxylic acids is 1. The van der Waals surface area contributed by atoms with Crippen LogP contribution >= 0.6 is 0 Å². The Kier molecular flexibility index (Phi) is 11.8. The zero-order valence-corrected chi connectivity index (χ0v) is 21.7. The lowest BCUT2D eigenvalue weighted by molar-refractivity contribution is -0.132. The van der Waals surface area contributed by atoms with E-state index < -0.39 is 17.9 Å². The van der Waals surface area contributed by atoms with Gasteiger partial charge in [-0.1, -0.05) is 57.4 Å². The SMILES string of the molecule is C=C(C)C1CCC(C)=CC1c1c(OC(C)=O)cc(CCCCC)c(C(=O)O)c1OC(C)=O.CC. The molecule has 0 bridgehead atoms. The van der Waals surface area contributed by atoms with Gasteiger partial charge < -0.3 is 14.6 Å². The van der Waals surface area contributed by atoms with E-state index in [4.69, 9.17) is 9.47 Å². The highest BCUT2D eigenvalue weighted by Gasteiger charge is 2.35. The van der Waals surface area contributed by atoms with Crippen molar-refractivity contribution in [3.8, 4) is 11.5 Å². The Bertz CT molecular complexity index is 941. The molecule has 0 aliphatic heterocycles. The van der Waals surface area contributed by atoms with Crippen LogP contribution in [0, 0.1) is 5.92 Å². The van der Waals surface area contributed by atoms with E-state index in [0.29, 0.717) is 17.5 Å². The van der Waals surface area contributed by atoms with Gasteiger partial charge in [0.25, 0.3) is 0 Å². The normalized spacial score (nSPS) is 17.1. The zero-order chi connectivity index (χ0) is 26.0. The van der Waals surface area contributed by atoms with Gasteiger partial charge in [0.1, 0.15) is 11.3 Å². The third-order valence-electron chi connectivity index (χ3n) is 5.84. The molecule has 0 heterocycles. The fourth-order valence-electron chi connectivity index (χ4n) is 4.41. The number of hydrogen-bond acceptors (Lipinski definition) is 5. The highest BCUT2D eigenvalue weighted by molar-refractivity contribution is 5.95. The lowest BCUT2D eigenvalue weighted by Crippen LogP contribution is -2.22. The quantitative estimate of drug-likeness (QED) is 0.180. The number of carbonyl (C=O) groups excluding carboxylic acids is 2. The minimum absolute atomic E-state index is 0.00472. The number of carbonyl (C=O) groups is 3. The predicted octanol–water partition coefficient (Wildman–Crippen LogP) is 7.01. The van der Waals surface area contributed by atoms with E-state index in [1.165, 1.54) is 13.8 Å². The maximum absolute atomic E-state index is 12.4. The van der Waals surface area contributed by atoms with Crippen LogP contribution in [0.5, 0.6) is 11.5 Å². The summed E-state index contributed by atoms with van der Waals surface area (Å²) in [4.78, 5) is 36.4. The number of benzene rings is 1. The van der Waals surface area contributed by atoms with Gasteiger partial charge in [-0.15, -0.1) is 0 Å². The van der Waals surface area contributed by atoms with Gasteiger partial charge in [-0.3, -0.25) is 9.59 Å². The highest BCUT2D eigenvalue weighted by Crippen LogP contribution is 2.49. The molecule has 6 heteroatoms. The van der Waals surface area contributed by atoms with Crippen LogP contribution in [-0.2, 0) is 16.0 Å². The van der Waals surface area contributed by atoms with Crippen molar-refractivity contribution in [2.75, 3.05) is 0 Å². The predicted molar refractivity (Wildman–Crippen MR) is 135 cm³/mol. The van der Waals surface area contributed by atoms with E-state index in [-0.39, 0.29) is 28.9 Å². The lowest BCUT2D eigenvalue weighted by atomic mass is 9.73. The molecule has 2 atom stereocenters. The van der Waals surface area contributed by atoms with Crippen LogP contribution in [0.15, 0.2) is 29.9 Å². The second kappa shape index (κ2) is 13.7. The fraction of sp³-hybridized carbons (Fsp3) is 0.536. The Morgan fingerprint density at radius 3 is 2.21 bits per heavy atom. The molecule has 1 aromatic rings. The number of aromatic carboxylic acids is 1. The first-order valence-corrected chi connectivity index (χ1v) is 12.2. The minimum atomic E-state index is -1.17. The maximum atomic E-state index is 12.4. The van der Waals surface area contributed by atoms with Gasteiger partial charge >= 0.3 is 17.9 Å². The van der Waals surface area contributed by atoms with Crippen molar-refractivity contribution in [1.29, 1.82) is 0 Å². The molecule has 2 unspecified atom stereocenters. The summed E-state index contributed by atoms with van der Waals surface area (Å²) in [6.45, 7) is 16.7. The Labute approximate surface area is 204 Å². The van der Waals surface area contributed by atoms with E-state index in [0.717, 1.165) is 43.3 Å². The van der Waals surface area contributed by atoms with Gasteiger partial charge in [0.15, 0.2) is 5.75 Å². The van der Waals surface area contributed by atoms with Crippen LogP contribution in [0.1, 0.15) is 108 Å². The van der Waals surface area contributed by atoms with E-state index in [9.17, 15) is 19.5 Å². The van der Waals surface area contributed by atoms with Crippen molar-refractivity contribution in [2.45, 2.75) is 92.9 Å². The highest BCUT2D eigenvalue weighted by atomic mass is 16.5. The molecule has 6 nitrogen and oxygen atoms in total. The summed E-state index contributed by atoms with van der Waals surface area (Å²) in [5, 5.41) is 10.1. The van der Waals surface area contributed by atoms with Crippen LogP contribution in [-0.4, -0.2) is 23.0 Å². The summed E-state index contributed by atoms with van der Waals surface area (Å²) in [5.41, 5.74) is 2.94. The zero-order valence-electron chi connectivity index (χ0n) is 21.7. The number of allylic oxidation sites excluding steroid dienone is 3. The second-order valence-corrected chi connectivity index (χ2v) is 8.63. The molecular formula is C28H40O6. The molecule has 0 radical (unpaired) electrons. The molecule has 1 aliphatic rings. The molecular weight excluding hydrogens is 432 g/mol. The van der Waals surface area contributed by atoms with Crippen molar-refractivity contribution < 1.29 is 29.0 Å². The van der Waals surface area contributed by atoms with Gasteiger partial charge in [-0.25, -0.2) is 4.79 Å². The summed E-state index contributed by atoms with van der Waals surface area (Å²) in [5.74, 6) is -2.44. The monoisotopic (exact) mass is 472 g/mol. The van der Waals surface area contributed by atoms with Crippen molar-refractivity contribution in [3.05, 3.63) is 46.6 Å². The molecule has 0 amide bonds. The van der Waals surface area contributed by atoms with Crippen LogP contribution < -0.4 is 9.47 Å². The van der Waals surface area contributed by atoms with Gasteiger partial charge in [0.05, 0.1) is 0 Å². The fourth-order valence-corrected chi connectivity index (χ4v) is 4.41. The third-order valence-corrected chi connectivity index (χ3v) is 5.84. The molecule has 34 heavy (non-hydrogen) atoms. The average Bonchev–Trinajstić information content (AvgIpc) is 2.74. The van der Waals surface area contributed by atoms with Gasteiger partial charge in [0.2, 0.25) is 0 Å². The molecule has 1 aromatic carbocycles. The van der Waals surface area contributed by atoms with Crippen molar-refractivity contribution in [1.82, 2.24) is 0 Å². The van der Waals surface area contributed by atoms with Crippen molar-refractivity contribution in [2.24, 2.45) is 5.92 Å². The first-order valence-electron chi connectivity index (χ1n) is 12.2. The minimum Gasteiger partial charge on any atom is -0.478 e. The maximum Gasteiger partial charge on any atom is 0.339 e. The number of unbranched alkanes of at least 4 members (excludes halogenated alkanes) is 2. The van der Waals surface area contributed by atoms with Crippen LogP contribution in [0.4, 0.5) is 0 Å². The Morgan fingerprint density at radius 2 is 1.71 bits per heavy atom. The number of esters is 2. The number of rotatable bonds is 9. The van der Waals surface area contributed by atoms with Crippen molar-refractivity contribution >= 4 is 17.9 Å². The van der Waals surface area contributed by atoms with E-state index in [1.807, 2.05) is 33.8 Å². The van der Waals surface area contributed by atoms with Gasteiger partial charge in [0, 0.05) is 25.3 Å². The van der Waals surface area contributed by atoms with E-state index >= 15 is 0 Å². The van der Waals surface area contributed by atoms with Crippen LogP contribution in [0.25, 0.3) is 0 Å². The number of hydrogen-bond donors (Lipinski definition) is 1. The summed E-state index contributed by atoms with van der Waals surface area (Å²) in [7, 11) is 0. The average molecular weight is 473 g/mol. The molecule has 0 saturated carbocycles. The summed E-state index contributed by atoms with van der Waals surface area (Å²) in [6, 6.07) is 1.64. The molecule has 1 aliphatic carbocycles. The second-order valence-electron chi connectivity index (χ2n) is 8.63. The molecule has 2 rings (SSSR count). The number of carboxylic acid groups (broad SMARTS) is 1. The lowest BCUT2D eigenvalue weighted by Gasteiger charge is -2.33. The molecule has 0 saturated heterocycles. The van der Waals surface area contributed by atoms with Crippen molar-refractivity contribution in [3.63, 3.8) is 0 Å². The molecule has 0 fully saturated rings. The summed E-state index contributed by atoms with van der Waals surface area (Å²) < 4.78 is 11.1. The van der Waals surface area contributed by atoms with E-state index in [2.05, 4.69) is 13.5 Å². The largest absolute Gasteiger partial charge is 0.478 e. The smallest absolute Gasteiger partial charge is 0.339 e. The van der Waals surface area contributed by atoms with E-state index in [1.54, 1.807) is 6.07 Å². The number of ether oxygens (including phenoxy) is 2. The first kappa shape index (κ1) is 29.1. The molecule has 1 N–H and O–H groups in total. The first-order chi connectivity index (χ1) is 16.1. The Balaban J connectivity index is 0.00000281. The van der Waals surface area contributed by atoms with Gasteiger partial charge in [-0.05, 0) is 57.1 Å². The van der Waals surface area contributed by atoms with Crippen LogP contribution in [0.3, 0.4) is 0 Å². The number of aryl methyl sites for hydroxylation is 1. The Hall–Kier alpha value is -2.89. The standard InChI is InChI=1S/C26H34O6.C2H6/c1-7-8-9-10-19-14-22(31-17(5)27)24(25(32-18(6)28)23(19)26(29)30)21-13-16(4)11-12-20(21)15(2)3;1-2/h13-14,20-21H,2,7-12H2,1,3-6H3,(H,29,30);1-2H3. The van der Waals surface area contributed by atoms with Gasteiger partial charge in [-0.2, -0.15) is 0 Å². The topological polar surface area (TPSA) is 89.9 Å². The summed E-state index contributed by atoms with van der Waals surface area (Å²) in [6.07, 6.45) is 6.90. The van der Waals surface area contributed by atoms with Crippen LogP contribution in [0.2, 0.25) is 0 Å². The molecule has 188 valence electrons. The molecule has 0 aromatic heterocycles. The Morgan fingerprint density at radius 1 is 1.09 bits per heavy atom. The third kappa shape index (κ3) is 7.57. The molecule has 0 spiro atoms. The summed E-state index contributed by atoms with van der Waals surface area (Å²) >= 11 is 0.